The van der Waals surface area contributed by atoms with Gasteiger partial charge in [0, 0.05) is 0 Å². The first-order valence-corrected chi connectivity index (χ1v) is 8.24. The van der Waals surface area contributed by atoms with Gasteiger partial charge in [0.15, 0.2) is 0 Å². The summed E-state index contributed by atoms with van der Waals surface area (Å²) in [5, 5.41) is 0. The second-order valence-electron chi connectivity index (χ2n) is 6.58. The standard InChI is InChI=1S/C21H24O4/c1-12-7-14(3)20(15(4)8-12)24-18(22)11-19(23)25-21-16(5)9-13(2)10-17(21)6/h7-10H,11H2,1-6H3. The van der Waals surface area contributed by atoms with Crippen LogP contribution in [0.1, 0.15) is 39.8 Å². The number of hydrogen-bond donors (Lipinski definition) is 0. The number of benzene rings is 2. The first-order chi connectivity index (χ1) is 11.7. The number of esters is 2. The van der Waals surface area contributed by atoms with Crippen LogP contribution >= 0.6 is 0 Å². The molecule has 2 rings (SSSR count). The predicted molar refractivity (Wildman–Crippen MR) is 97.2 cm³/mol. The Morgan fingerprint density at radius 3 is 1.20 bits per heavy atom. The maximum Gasteiger partial charge on any atom is 0.322 e. The molecule has 0 radical (unpaired) electrons. The number of aryl methyl sites for hydroxylation is 6. The molecule has 0 atom stereocenters. The summed E-state index contributed by atoms with van der Waals surface area (Å²) in [6.45, 7) is 11.5. The molecule has 0 aliphatic rings. The van der Waals surface area contributed by atoms with Crippen molar-refractivity contribution in [1.82, 2.24) is 0 Å². The SMILES string of the molecule is Cc1cc(C)c(OC(=O)CC(=O)Oc2c(C)cc(C)cc2C)c(C)c1. The highest BCUT2D eigenvalue weighted by Crippen LogP contribution is 2.26. The number of carbonyl (C=O) groups is 2. The molecule has 0 unspecified atom stereocenters. The summed E-state index contributed by atoms with van der Waals surface area (Å²) in [5.41, 5.74) is 5.65. The molecule has 4 nitrogen and oxygen atoms in total. The fourth-order valence-corrected chi connectivity index (χ4v) is 3.07. The molecular formula is C21H24O4. The molecule has 4 heteroatoms. The summed E-state index contributed by atoms with van der Waals surface area (Å²) < 4.78 is 10.8. The minimum absolute atomic E-state index is 0.431. The molecule has 2 aromatic rings. The zero-order valence-corrected chi connectivity index (χ0v) is 15.6. The molecule has 132 valence electrons. The van der Waals surface area contributed by atoms with Crippen LogP contribution in [0.3, 0.4) is 0 Å². The molecule has 0 amide bonds. The predicted octanol–water partition coefficient (Wildman–Crippen LogP) is 4.44. The Morgan fingerprint density at radius 1 is 0.640 bits per heavy atom. The molecule has 0 fully saturated rings. The first kappa shape index (κ1) is 18.7. The van der Waals surface area contributed by atoms with Gasteiger partial charge in [-0.2, -0.15) is 0 Å². The number of ether oxygens (including phenoxy) is 2. The number of carbonyl (C=O) groups excluding carboxylic acids is 2. The van der Waals surface area contributed by atoms with Crippen molar-refractivity contribution in [3.8, 4) is 11.5 Å². The van der Waals surface area contributed by atoms with E-state index in [9.17, 15) is 9.59 Å². The average molecular weight is 340 g/mol. The van der Waals surface area contributed by atoms with Crippen molar-refractivity contribution in [1.29, 1.82) is 0 Å². The van der Waals surface area contributed by atoms with Crippen molar-refractivity contribution in [2.45, 2.75) is 48.0 Å². The van der Waals surface area contributed by atoms with Crippen molar-refractivity contribution >= 4 is 11.9 Å². The summed E-state index contributed by atoms with van der Waals surface area (Å²) in [4.78, 5) is 24.2. The van der Waals surface area contributed by atoms with E-state index in [2.05, 4.69) is 0 Å². The fraction of sp³-hybridized carbons (Fsp3) is 0.333. The summed E-state index contributed by atoms with van der Waals surface area (Å²) in [5.74, 6) is -0.234. The van der Waals surface area contributed by atoms with Gasteiger partial charge in [-0.25, -0.2) is 0 Å². The fourth-order valence-electron chi connectivity index (χ4n) is 3.07. The van der Waals surface area contributed by atoms with Crippen LogP contribution in [-0.2, 0) is 9.59 Å². The van der Waals surface area contributed by atoms with E-state index in [4.69, 9.17) is 9.47 Å². The normalized spacial score (nSPS) is 10.5. The van der Waals surface area contributed by atoms with Crippen molar-refractivity contribution < 1.29 is 19.1 Å². The second-order valence-corrected chi connectivity index (χ2v) is 6.58. The zero-order chi connectivity index (χ0) is 18.7. The lowest BCUT2D eigenvalue weighted by Gasteiger charge is -2.13. The minimum Gasteiger partial charge on any atom is -0.426 e. The molecule has 0 heterocycles. The lowest BCUT2D eigenvalue weighted by molar-refractivity contribution is -0.144. The Bertz CT molecular complexity index is 718. The highest BCUT2D eigenvalue weighted by Gasteiger charge is 2.18. The van der Waals surface area contributed by atoms with Crippen LogP contribution in [0.2, 0.25) is 0 Å². The van der Waals surface area contributed by atoms with Crippen molar-refractivity contribution in [3.63, 3.8) is 0 Å². The molecule has 0 N–H and O–H groups in total. The van der Waals surface area contributed by atoms with Gasteiger partial charge in [-0.3, -0.25) is 9.59 Å². The Morgan fingerprint density at radius 2 is 0.920 bits per heavy atom. The Hall–Kier alpha value is -2.62. The lowest BCUT2D eigenvalue weighted by Crippen LogP contribution is -2.19. The quantitative estimate of drug-likeness (QED) is 0.469. The van der Waals surface area contributed by atoms with Gasteiger partial charge in [0.25, 0.3) is 0 Å². The van der Waals surface area contributed by atoms with Crippen LogP contribution in [0.15, 0.2) is 24.3 Å². The van der Waals surface area contributed by atoms with E-state index in [1.807, 2.05) is 65.8 Å². The van der Waals surface area contributed by atoms with Gasteiger partial charge in [0.05, 0.1) is 0 Å². The Kier molecular flexibility index (Phi) is 5.62. The van der Waals surface area contributed by atoms with Gasteiger partial charge < -0.3 is 9.47 Å². The van der Waals surface area contributed by atoms with Gasteiger partial charge in [-0.15, -0.1) is 0 Å². The van der Waals surface area contributed by atoms with E-state index in [-0.39, 0.29) is 0 Å². The summed E-state index contributed by atoms with van der Waals surface area (Å²) in [7, 11) is 0. The highest BCUT2D eigenvalue weighted by atomic mass is 16.6. The molecule has 0 aliphatic carbocycles. The first-order valence-electron chi connectivity index (χ1n) is 8.24. The summed E-state index contributed by atoms with van der Waals surface area (Å²) in [6, 6.07) is 7.75. The molecule has 2 aromatic carbocycles. The Balaban J connectivity index is 2.06. The van der Waals surface area contributed by atoms with Gasteiger partial charge >= 0.3 is 11.9 Å². The smallest absolute Gasteiger partial charge is 0.322 e. The topological polar surface area (TPSA) is 52.6 Å². The second kappa shape index (κ2) is 7.51. The molecule has 0 saturated carbocycles. The van der Waals surface area contributed by atoms with Crippen molar-refractivity contribution in [3.05, 3.63) is 57.6 Å². The summed E-state index contributed by atoms with van der Waals surface area (Å²) >= 11 is 0. The lowest BCUT2D eigenvalue weighted by atomic mass is 10.1. The van der Waals surface area contributed by atoms with E-state index < -0.39 is 18.4 Å². The summed E-state index contributed by atoms with van der Waals surface area (Å²) in [6.07, 6.45) is -0.431. The average Bonchev–Trinajstić information content (AvgIpc) is 2.46. The van der Waals surface area contributed by atoms with Gasteiger partial charge in [0.2, 0.25) is 0 Å². The molecular weight excluding hydrogens is 316 g/mol. The number of rotatable bonds is 4. The maximum absolute atomic E-state index is 12.1. The van der Waals surface area contributed by atoms with Crippen LogP contribution in [0.5, 0.6) is 11.5 Å². The van der Waals surface area contributed by atoms with E-state index in [1.165, 1.54) is 0 Å². The zero-order valence-electron chi connectivity index (χ0n) is 15.6. The van der Waals surface area contributed by atoms with Gasteiger partial charge in [-0.1, -0.05) is 35.4 Å². The van der Waals surface area contributed by atoms with E-state index >= 15 is 0 Å². The third-order valence-corrected chi connectivity index (χ3v) is 3.93. The van der Waals surface area contributed by atoms with Crippen LogP contribution in [0.25, 0.3) is 0 Å². The molecule has 0 aliphatic heterocycles. The molecule has 0 spiro atoms. The highest BCUT2D eigenvalue weighted by molar-refractivity contribution is 5.93. The van der Waals surface area contributed by atoms with E-state index in [0.29, 0.717) is 11.5 Å². The van der Waals surface area contributed by atoms with E-state index in [1.54, 1.807) is 0 Å². The van der Waals surface area contributed by atoms with Crippen molar-refractivity contribution in [2.75, 3.05) is 0 Å². The molecule has 0 saturated heterocycles. The van der Waals surface area contributed by atoms with Crippen LogP contribution < -0.4 is 9.47 Å². The molecule has 25 heavy (non-hydrogen) atoms. The Labute approximate surface area is 148 Å². The van der Waals surface area contributed by atoms with Gasteiger partial charge in [0.1, 0.15) is 17.9 Å². The van der Waals surface area contributed by atoms with Crippen LogP contribution in [0, 0.1) is 41.5 Å². The maximum atomic E-state index is 12.1. The molecule has 0 bridgehead atoms. The minimum atomic E-state index is -0.623. The van der Waals surface area contributed by atoms with Gasteiger partial charge in [-0.05, 0) is 63.8 Å². The monoisotopic (exact) mass is 340 g/mol. The van der Waals surface area contributed by atoms with E-state index in [0.717, 1.165) is 33.4 Å². The van der Waals surface area contributed by atoms with Crippen LogP contribution in [-0.4, -0.2) is 11.9 Å². The molecule has 0 aromatic heterocycles. The van der Waals surface area contributed by atoms with Crippen molar-refractivity contribution in [2.24, 2.45) is 0 Å². The number of hydrogen-bond acceptors (Lipinski definition) is 4. The van der Waals surface area contributed by atoms with Crippen LogP contribution in [0.4, 0.5) is 0 Å². The third kappa shape index (κ3) is 4.69. The largest absolute Gasteiger partial charge is 0.426 e. The third-order valence-electron chi connectivity index (χ3n) is 3.93.